The van der Waals surface area contributed by atoms with Gasteiger partial charge < -0.3 is 0 Å². The van der Waals surface area contributed by atoms with Crippen molar-refractivity contribution in [3.8, 4) is 0 Å². The summed E-state index contributed by atoms with van der Waals surface area (Å²) in [6.07, 6.45) is 0.181. The second-order valence-electron chi connectivity index (χ2n) is 6.14. The molecule has 3 aromatic rings. The van der Waals surface area contributed by atoms with Crippen LogP contribution in [-0.2, 0) is 0 Å². The fourth-order valence-electron chi connectivity index (χ4n) is 2.98. The molecule has 3 heteroatoms. The van der Waals surface area contributed by atoms with E-state index in [1.54, 1.807) is 24.3 Å². The molecule has 26 heavy (non-hydrogen) atoms. The predicted octanol–water partition coefficient (Wildman–Crippen LogP) is 5.53. The normalized spacial score (nSPS) is 13.0. The molecule has 2 unspecified atom stereocenters. The molecule has 0 amide bonds. The van der Waals surface area contributed by atoms with Gasteiger partial charge in [0, 0.05) is 23.5 Å². The molecule has 0 heterocycles. The first-order valence-corrected chi connectivity index (χ1v) is 8.97. The molecular weight excluding hydrogens is 344 g/mol. The van der Waals surface area contributed by atoms with E-state index in [-0.39, 0.29) is 18.0 Å². The summed E-state index contributed by atoms with van der Waals surface area (Å²) >= 11 is 6.60. The molecule has 0 fully saturated rings. The topological polar surface area (TPSA) is 34.1 Å². The molecular formula is C23H19ClO2. The molecule has 0 saturated heterocycles. The van der Waals surface area contributed by atoms with E-state index in [9.17, 15) is 9.59 Å². The second kappa shape index (κ2) is 8.59. The molecule has 0 bridgehead atoms. The van der Waals surface area contributed by atoms with Crippen LogP contribution in [0.2, 0.25) is 0 Å². The molecule has 3 aromatic carbocycles. The van der Waals surface area contributed by atoms with Crippen LogP contribution in [0.25, 0.3) is 0 Å². The fourth-order valence-corrected chi connectivity index (χ4v) is 3.34. The maximum atomic E-state index is 12.8. The van der Waals surface area contributed by atoms with E-state index >= 15 is 0 Å². The van der Waals surface area contributed by atoms with Crippen LogP contribution in [0.15, 0.2) is 91.0 Å². The number of carbonyl (C=O) groups is 2. The number of hydrogen-bond acceptors (Lipinski definition) is 2. The van der Waals surface area contributed by atoms with E-state index in [2.05, 4.69) is 0 Å². The summed E-state index contributed by atoms with van der Waals surface area (Å²) < 4.78 is 0. The van der Waals surface area contributed by atoms with Crippen LogP contribution in [0.1, 0.15) is 38.6 Å². The Hall–Kier alpha value is -2.71. The molecule has 3 rings (SSSR count). The van der Waals surface area contributed by atoms with Crippen LogP contribution in [0.4, 0.5) is 0 Å². The number of carbonyl (C=O) groups excluding carboxylic acids is 2. The lowest BCUT2D eigenvalue weighted by molar-refractivity contribution is 0.0948. The summed E-state index contributed by atoms with van der Waals surface area (Å²) in [5.74, 6) is -0.578. The Labute approximate surface area is 158 Å². The van der Waals surface area contributed by atoms with Crippen LogP contribution < -0.4 is 0 Å². The molecule has 0 aliphatic heterocycles. The fraction of sp³-hybridized carbons (Fsp3) is 0.130. The maximum Gasteiger partial charge on any atom is 0.181 e. The quantitative estimate of drug-likeness (QED) is 0.409. The molecule has 0 spiro atoms. The number of halogens is 1. The van der Waals surface area contributed by atoms with Crippen LogP contribution >= 0.6 is 11.6 Å². The van der Waals surface area contributed by atoms with Crippen molar-refractivity contribution >= 4 is 23.2 Å². The predicted molar refractivity (Wildman–Crippen MR) is 105 cm³/mol. The zero-order valence-corrected chi connectivity index (χ0v) is 15.0. The first-order chi connectivity index (χ1) is 12.7. The Morgan fingerprint density at radius 3 is 1.69 bits per heavy atom. The summed E-state index contributed by atoms with van der Waals surface area (Å²) in [6, 6.07) is 27.6. The van der Waals surface area contributed by atoms with E-state index in [0.29, 0.717) is 11.1 Å². The molecule has 0 aromatic heterocycles. The number of benzene rings is 3. The third kappa shape index (κ3) is 4.27. The monoisotopic (exact) mass is 362 g/mol. The minimum atomic E-state index is -0.813. The summed E-state index contributed by atoms with van der Waals surface area (Å²) in [6.45, 7) is 0. The van der Waals surface area contributed by atoms with Crippen LogP contribution in [-0.4, -0.2) is 16.9 Å². The van der Waals surface area contributed by atoms with Gasteiger partial charge >= 0.3 is 0 Å². The van der Waals surface area contributed by atoms with Gasteiger partial charge in [-0.05, 0) is 5.56 Å². The number of alkyl halides is 1. The lowest BCUT2D eigenvalue weighted by atomic mass is 9.86. The average molecular weight is 363 g/mol. The average Bonchev–Trinajstić information content (AvgIpc) is 2.72. The summed E-state index contributed by atoms with van der Waals surface area (Å²) in [7, 11) is 0. The summed E-state index contributed by atoms with van der Waals surface area (Å²) in [4.78, 5) is 25.6. The second-order valence-corrected chi connectivity index (χ2v) is 6.61. The van der Waals surface area contributed by atoms with Gasteiger partial charge in [0.05, 0.1) is 0 Å². The van der Waals surface area contributed by atoms with Gasteiger partial charge in [-0.15, -0.1) is 11.6 Å². The van der Waals surface area contributed by atoms with Crippen molar-refractivity contribution in [3.63, 3.8) is 0 Å². The summed E-state index contributed by atoms with van der Waals surface area (Å²) in [5.41, 5.74) is 2.08. The molecule has 0 aliphatic rings. The number of hydrogen-bond donors (Lipinski definition) is 0. The highest BCUT2D eigenvalue weighted by Crippen LogP contribution is 2.31. The lowest BCUT2D eigenvalue weighted by Crippen LogP contribution is -2.25. The Morgan fingerprint density at radius 1 is 0.692 bits per heavy atom. The minimum Gasteiger partial charge on any atom is -0.294 e. The highest BCUT2D eigenvalue weighted by molar-refractivity contribution is 6.34. The van der Waals surface area contributed by atoms with E-state index in [4.69, 9.17) is 11.6 Å². The van der Waals surface area contributed by atoms with Crippen molar-refractivity contribution in [2.75, 3.05) is 0 Å². The van der Waals surface area contributed by atoms with Crippen molar-refractivity contribution in [2.45, 2.75) is 17.7 Å². The van der Waals surface area contributed by atoms with Crippen molar-refractivity contribution in [1.82, 2.24) is 0 Å². The standard InChI is InChI=1S/C23H19ClO2/c24-22(23(26)19-14-8-3-9-15-19)20(17-10-4-1-5-11-17)16-21(25)18-12-6-2-7-13-18/h1-15,20,22H,16H2. The smallest absolute Gasteiger partial charge is 0.181 e. The van der Waals surface area contributed by atoms with E-state index < -0.39 is 11.3 Å². The van der Waals surface area contributed by atoms with Crippen molar-refractivity contribution in [2.24, 2.45) is 0 Å². The Bertz CT molecular complexity index is 860. The van der Waals surface area contributed by atoms with Gasteiger partial charge in [-0.1, -0.05) is 91.0 Å². The van der Waals surface area contributed by atoms with Gasteiger partial charge in [0.15, 0.2) is 11.6 Å². The van der Waals surface area contributed by atoms with Gasteiger partial charge in [-0.2, -0.15) is 0 Å². The Kier molecular flexibility index (Phi) is 5.98. The summed E-state index contributed by atoms with van der Waals surface area (Å²) in [5, 5.41) is -0.813. The lowest BCUT2D eigenvalue weighted by Gasteiger charge is -2.21. The number of Topliss-reactive ketones (excluding diaryl/α,β-unsaturated/α-hetero) is 2. The van der Waals surface area contributed by atoms with E-state index in [0.717, 1.165) is 5.56 Å². The molecule has 0 radical (unpaired) electrons. The third-order valence-corrected chi connectivity index (χ3v) is 4.89. The zero-order valence-electron chi connectivity index (χ0n) is 14.2. The van der Waals surface area contributed by atoms with Gasteiger partial charge in [0.2, 0.25) is 0 Å². The molecule has 0 N–H and O–H groups in total. The molecule has 0 aliphatic carbocycles. The first kappa shape index (κ1) is 18.1. The van der Waals surface area contributed by atoms with Crippen molar-refractivity contribution in [1.29, 1.82) is 0 Å². The van der Waals surface area contributed by atoms with E-state index in [1.165, 1.54) is 0 Å². The molecule has 2 nitrogen and oxygen atoms in total. The molecule has 130 valence electrons. The molecule has 0 saturated carbocycles. The van der Waals surface area contributed by atoms with Gasteiger partial charge in [0.1, 0.15) is 5.38 Å². The van der Waals surface area contributed by atoms with E-state index in [1.807, 2.05) is 66.7 Å². The van der Waals surface area contributed by atoms with Crippen LogP contribution in [0, 0.1) is 0 Å². The van der Waals surface area contributed by atoms with Crippen LogP contribution in [0.5, 0.6) is 0 Å². The third-order valence-electron chi connectivity index (χ3n) is 4.39. The van der Waals surface area contributed by atoms with Gasteiger partial charge in [-0.3, -0.25) is 9.59 Å². The van der Waals surface area contributed by atoms with Crippen molar-refractivity contribution in [3.05, 3.63) is 108 Å². The highest BCUT2D eigenvalue weighted by Gasteiger charge is 2.30. The van der Waals surface area contributed by atoms with Crippen LogP contribution in [0.3, 0.4) is 0 Å². The van der Waals surface area contributed by atoms with Gasteiger partial charge in [-0.25, -0.2) is 0 Å². The molecule has 2 atom stereocenters. The largest absolute Gasteiger partial charge is 0.294 e. The zero-order chi connectivity index (χ0) is 18.4. The Morgan fingerprint density at radius 2 is 1.15 bits per heavy atom. The maximum absolute atomic E-state index is 12.8. The van der Waals surface area contributed by atoms with Crippen molar-refractivity contribution < 1.29 is 9.59 Å². The van der Waals surface area contributed by atoms with Gasteiger partial charge in [0.25, 0.3) is 0 Å². The SMILES string of the molecule is O=C(CC(c1ccccc1)C(Cl)C(=O)c1ccccc1)c1ccccc1. The Balaban J connectivity index is 1.89. The highest BCUT2D eigenvalue weighted by atomic mass is 35.5. The number of ketones is 2. The minimum absolute atomic E-state index is 0.0223. The number of rotatable bonds is 7. The first-order valence-electron chi connectivity index (χ1n) is 8.53.